The second-order valence-corrected chi connectivity index (χ2v) is 6.79. The Morgan fingerprint density at radius 3 is 2.28 bits per heavy atom. The number of guanidine groups is 1. The minimum Gasteiger partial charge on any atom is -0.367 e. The summed E-state index contributed by atoms with van der Waals surface area (Å²) in [5, 5.41) is 11.0. The average Bonchev–Trinajstić information content (AvgIpc) is 3.24. The van der Waals surface area contributed by atoms with Crippen molar-refractivity contribution in [2.45, 2.75) is 25.9 Å². The third-order valence-corrected chi connectivity index (χ3v) is 4.34. The van der Waals surface area contributed by atoms with E-state index in [1.807, 2.05) is 59.4 Å². The van der Waals surface area contributed by atoms with Crippen LogP contribution in [0.25, 0.3) is 5.69 Å². The molecule has 3 rings (SSSR count). The summed E-state index contributed by atoms with van der Waals surface area (Å²) in [5.74, 6) is 0.617. The van der Waals surface area contributed by atoms with E-state index >= 15 is 0 Å². The fourth-order valence-electron chi connectivity index (χ4n) is 2.80. The van der Waals surface area contributed by atoms with Crippen LogP contribution in [0.1, 0.15) is 16.8 Å². The van der Waals surface area contributed by atoms with Crippen molar-refractivity contribution < 1.29 is 17.9 Å². The molecule has 1 heterocycles. The van der Waals surface area contributed by atoms with Crippen molar-refractivity contribution in [2.24, 2.45) is 4.99 Å². The predicted molar refractivity (Wildman–Crippen MR) is 128 cm³/mol. The highest BCUT2D eigenvalue weighted by atomic mass is 127. The second kappa shape index (κ2) is 12.4. The van der Waals surface area contributed by atoms with Gasteiger partial charge in [-0.25, -0.2) is 4.68 Å². The molecule has 0 unspecified atom stereocenters. The molecule has 2 aromatic carbocycles. The number of hydrogen-bond donors (Lipinski definition) is 2. The molecule has 0 spiro atoms. The van der Waals surface area contributed by atoms with E-state index in [1.54, 1.807) is 19.2 Å². The number of benzene rings is 2. The lowest BCUT2D eigenvalue weighted by Gasteiger charge is -2.12. The first-order chi connectivity index (χ1) is 14.9. The van der Waals surface area contributed by atoms with Gasteiger partial charge in [-0.15, -0.1) is 24.0 Å². The molecule has 172 valence electrons. The summed E-state index contributed by atoms with van der Waals surface area (Å²) in [5.41, 5.74) is 3.51. The first-order valence-electron chi connectivity index (χ1n) is 9.70. The third-order valence-electron chi connectivity index (χ3n) is 4.34. The zero-order valence-electron chi connectivity index (χ0n) is 17.5. The molecule has 6 nitrogen and oxygen atoms in total. The minimum atomic E-state index is -4.31. The molecule has 1 aromatic heterocycles. The molecule has 0 saturated carbocycles. The molecule has 32 heavy (non-hydrogen) atoms. The van der Waals surface area contributed by atoms with Gasteiger partial charge in [-0.05, 0) is 29.3 Å². The van der Waals surface area contributed by atoms with E-state index in [9.17, 15) is 13.2 Å². The zero-order chi connectivity index (χ0) is 22.1. The Balaban J connectivity index is 0.00000363. The van der Waals surface area contributed by atoms with Gasteiger partial charge in [-0.2, -0.15) is 18.3 Å². The maximum Gasteiger partial charge on any atom is 0.411 e. The van der Waals surface area contributed by atoms with Gasteiger partial charge in [0.05, 0.1) is 24.5 Å². The summed E-state index contributed by atoms with van der Waals surface area (Å²) in [6.45, 7) is -0.301. The second-order valence-electron chi connectivity index (χ2n) is 6.79. The molecule has 3 aromatic rings. The number of aliphatic imine (C=N–C) groups is 1. The Morgan fingerprint density at radius 1 is 0.969 bits per heavy atom. The van der Waals surface area contributed by atoms with Crippen LogP contribution in [0.5, 0.6) is 0 Å². The Labute approximate surface area is 201 Å². The Hall–Kier alpha value is -2.60. The standard InChI is InChI=1S/C22H24F3N5O.HI/c1-26-21(28-14-19-11-12-30(29-19)20-5-3-2-4-6-20)27-13-17-7-9-18(10-8-17)15-31-16-22(23,24)25;/h2-12H,13-16H2,1H3,(H2,26,27,28);1H. The molecule has 0 aliphatic heterocycles. The van der Waals surface area contributed by atoms with E-state index in [1.165, 1.54) is 0 Å². The third kappa shape index (κ3) is 8.50. The molecule has 0 bridgehead atoms. The molecule has 10 heteroatoms. The molecule has 0 saturated heterocycles. The highest BCUT2D eigenvalue weighted by Gasteiger charge is 2.27. The van der Waals surface area contributed by atoms with E-state index in [-0.39, 0.29) is 30.6 Å². The van der Waals surface area contributed by atoms with Crippen molar-refractivity contribution in [1.29, 1.82) is 0 Å². The molecule has 0 aliphatic rings. The van der Waals surface area contributed by atoms with E-state index in [0.717, 1.165) is 16.9 Å². The monoisotopic (exact) mass is 559 g/mol. The summed E-state index contributed by atoms with van der Waals surface area (Å²) in [6, 6.07) is 19.0. The van der Waals surface area contributed by atoms with Crippen LogP contribution in [0.15, 0.2) is 71.9 Å². The van der Waals surface area contributed by atoms with Crippen molar-refractivity contribution >= 4 is 29.9 Å². The summed E-state index contributed by atoms with van der Waals surface area (Å²) >= 11 is 0. The number of para-hydroxylation sites is 1. The number of alkyl halides is 3. The molecule has 0 atom stereocenters. The Bertz CT molecular complexity index is 975. The number of aromatic nitrogens is 2. The van der Waals surface area contributed by atoms with Gasteiger partial charge in [0, 0.05) is 19.8 Å². The highest BCUT2D eigenvalue weighted by Crippen LogP contribution is 2.16. The predicted octanol–water partition coefficient (Wildman–Crippen LogP) is 4.43. The van der Waals surface area contributed by atoms with Gasteiger partial charge in [-0.3, -0.25) is 4.99 Å². The van der Waals surface area contributed by atoms with Gasteiger partial charge >= 0.3 is 6.18 Å². The topological polar surface area (TPSA) is 63.5 Å². The van der Waals surface area contributed by atoms with Crippen LogP contribution < -0.4 is 10.6 Å². The lowest BCUT2D eigenvalue weighted by Crippen LogP contribution is -2.36. The van der Waals surface area contributed by atoms with Crippen LogP contribution in [0.3, 0.4) is 0 Å². The summed E-state index contributed by atoms with van der Waals surface area (Å²) in [6.07, 6.45) is -2.41. The normalized spacial score (nSPS) is 11.7. The van der Waals surface area contributed by atoms with Crippen LogP contribution >= 0.6 is 24.0 Å². The fourth-order valence-corrected chi connectivity index (χ4v) is 2.80. The van der Waals surface area contributed by atoms with Crippen LogP contribution in [0.2, 0.25) is 0 Å². The maximum atomic E-state index is 12.1. The van der Waals surface area contributed by atoms with Crippen LogP contribution in [0, 0.1) is 0 Å². The van der Waals surface area contributed by atoms with Crippen molar-refractivity contribution in [3.05, 3.63) is 83.7 Å². The first-order valence-corrected chi connectivity index (χ1v) is 9.70. The van der Waals surface area contributed by atoms with Gasteiger partial charge in [0.15, 0.2) is 5.96 Å². The molecule has 0 radical (unpaired) electrons. The lowest BCUT2D eigenvalue weighted by molar-refractivity contribution is -0.176. The van der Waals surface area contributed by atoms with Gasteiger partial charge < -0.3 is 15.4 Å². The van der Waals surface area contributed by atoms with Crippen molar-refractivity contribution in [1.82, 2.24) is 20.4 Å². The summed E-state index contributed by atoms with van der Waals surface area (Å²) in [4.78, 5) is 4.20. The van der Waals surface area contributed by atoms with E-state index in [2.05, 4.69) is 25.5 Å². The Morgan fingerprint density at radius 2 is 1.62 bits per heavy atom. The minimum absolute atomic E-state index is 0. The summed E-state index contributed by atoms with van der Waals surface area (Å²) < 4.78 is 42.9. The zero-order valence-corrected chi connectivity index (χ0v) is 19.8. The van der Waals surface area contributed by atoms with Crippen molar-refractivity contribution in [3.8, 4) is 5.69 Å². The van der Waals surface area contributed by atoms with E-state index < -0.39 is 12.8 Å². The largest absolute Gasteiger partial charge is 0.411 e. The van der Waals surface area contributed by atoms with Crippen LogP contribution in [-0.2, 0) is 24.4 Å². The number of ether oxygens (including phenoxy) is 1. The molecule has 0 amide bonds. The smallest absolute Gasteiger partial charge is 0.367 e. The number of nitrogens with zero attached hydrogens (tertiary/aromatic N) is 3. The number of rotatable bonds is 8. The van der Waals surface area contributed by atoms with Crippen molar-refractivity contribution in [3.63, 3.8) is 0 Å². The van der Waals surface area contributed by atoms with Crippen LogP contribution in [0.4, 0.5) is 13.2 Å². The van der Waals surface area contributed by atoms with E-state index in [0.29, 0.717) is 24.6 Å². The van der Waals surface area contributed by atoms with E-state index in [4.69, 9.17) is 0 Å². The fraction of sp³-hybridized carbons (Fsp3) is 0.273. The quantitative estimate of drug-likeness (QED) is 0.244. The molecule has 0 fully saturated rings. The summed E-state index contributed by atoms with van der Waals surface area (Å²) in [7, 11) is 1.68. The molecular formula is C22H25F3IN5O. The number of hydrogen-bond acceptors (Lipinski definition) is 3. The van der Waals surface area contributed by atoms with Gasteiger partial charge in [0.2, 0.25) is 0 Å². The Kier molecular flexibility index (Phi) is 9.97. The van der Waals surface area contributed by atoms with Gasteiger partial charge in [-0.1, -0.05) is 42.5 Å². The molecule has 0 aliphatic carbocycles. The number of halogens is 4. The maximum absolute atomic E-state index is 12.1. The van der Waals surface area contributed by atoms with Gasteiger partial charge in [0.25, 0.3) is 0 Å². The lowest BCUT2D eigenvalue weighted by atomic mass is 10.1. The highest BCUT2D eigenvalue weighted by molar-refractivity contribution is 14.0. The van der Waals surface area contributed by atoms with Gasteiger partial charge in [0.1, 0.15) is 6.61 Å². The average molecular weight is 559 g/mol. The van der Waals surface area contributed by atoms with Crippen molar-refractivity contribution in [2.75, 3.05) is 13.7 Å². The molecule has 2 N–H and O–H groups in total. The van der Waals surface area contributed by atoms with Crippen LogP contribution in [-0.4, -0.2) is 35.6 Å². The molecular weight excluding hydrogens is 534 g/mol. The SMILES string of the molecule is CN=C(NCc1ccc(COCC(F)(F)F)cc1)NCc1ccn(-c2ccccc2)n1.I. The number of nitrogens with one attached hydrogen (secondary N) is 2. The first kappa shape index (κ1) is 25.7.